The molecule has 0 radical (unpaired) electrons. The summed E-state index contributed by atoms with van der Waals surface area (Å²) in [5, 5.41) is 7.27. The maximum Gasteiger partial charge on any atom is 0.170 e. The number of aryl methyl sites for hydroxylation is 1. The quantitative estimate of drug-likeness (QED) is 0.489. The van der Waals surface area contributed by atoms with Gasteiger partial charge in [-0.25, -0.2) is 0 Å². The smallest absolute Gasteiger partial charge is 0.170 e. The zero-order valence-corrected chi connectivity index (χ0v) is 17.8. The molecule has 154 valence electrons. The second-order valence-electron chi connectivity index (χ2n) is 8.00. The summed E-state index contributed by atoms with van der Waals surface area (Å²) in [5.74, 6) is 0.947. The highest BCUT2D eigenvalue weighted by atomic mass is 32.1. The van der Waals surface area contributed by atoms with Crippen LogP contribution < -0.4 is 20.3 Å². The molecule has 1 aliphatic heterocycles. The first-order valence-electron chi connectivity index (χ1n) is 10.9. The molecule has 0 atom stereocenters. The molecule has 4 rings (SSSR count). The van der Waals surface area contributed by atoms with Gasteiger partial charge in [0.1, 0.15) is 5.75 Å². The molecule has 1 heterocycles. The van der Waals surface area contributed by atoms with Crippen LogP contribution in [-0.4, -0.2) is 30.9 Å². The van der Waals surface area contributed by atoms with Gasteiger partial charge in [0.25, 0.3) is 0 Å². The largest absolute Gasteiger partial charge is 0.490 e. The molecule has 0 saturated heterocycles. The van der Waals surface area contributed by atoms with Gasteiger partial charge in [0.2, 0.25) is 0 Å². The van der Waals surface area contributed by atoms with Gasteiger partial charge in [0, 0.05) is 31.0 Å². The Labute approximate surface area is 179 Å². The van der Waals surface area contributed by atoms with Gasteiger partial charge in [0.15, 0.2) is 5.11 Å². The predicted molar refractivity (Wildman–Crippen MR) is 125 cm³/mol. The van der Waals surface area contributed by atoms with Gasteiger partial charge in [-0.1, -0.05) is 18.2 Å². The molecular formula is C24H31N3OS. The van der Waals surface area contributed by atoms with E-state index in [1.165, 1.54) is 49.8 Å². The standard InChI is InChI=1S/C24H31N3OS/c29-24(26-20-12-14-22(15-13-20)28-21-9-2-3-10-21)25-16-6-18-27-17-5-8-19-7-1-4-11-23(19)27/h1,4,7,11-15,21H,2-3,5-6,8-10,16-18H2,(H2,25,26,29). The number of rotatable bonds is 7. The molecule has 0 bridgehead atoms. The third kappa shape index (κ3) is 5.63. The lowest BCUT2D eigenvalue weighted by atomic mass is 10.0. The molecular weight excluding hydrogens is 378 g/mol. The van der Waals surface area contributed by atoms with Gasteiger partial charge >= 0.3 is 0 Å². The fourth-order valence-electron chi connectivity index (χ4n) is 4.31. The van der Waals surface area contributed by atoms with E-state index in [2.05, 4.69) is 39.8 Å². The average molecular weight is 410 g/mol. The van der Waals surface area contributed by atoms with Crippen molar-refractivity contribution in [3.8, 4) is 5.75 Å². The molecule has 2 aliphatic rings. The summed E-state index contributed by atoms with van der Waals surface area (Å²) in [6.45, 7) is 3.07. The van der Waals surface area contributed by atoms with Crippen LogP contribution in [0.5, 0.6) is 5.75 Å². The molecule has 0 aromatic heterocycles. The first-order valence-corrected chi connectivity index (χ1v) is 11.3. The number of anilines is 2. The number of nitrogens with one attached hydrogen (secondary N) is 2. The fraction of sp³-hybridized carbons (Fsp3) is 0.458. The lowest BCUT2D eigenvalue weighted by Gasteiger charge is -2.31. The van der Waals surface area contributed by atoms with Gasteiger partial charge in [-0.15, -0.1) is 0 Å². The Hall–Kier alpha value is -2.27. The van der Waals surface area contributed by atoms with Crippen molar-refractivity contribution in [1.82, 2.24) is 5.32 Å². The highest BCUT2D eigenvalue weighted by Crippen LogP contribution is 2.27. The first-order chi connectivity index (χ1) is 14.3. The van der Waals surface area contributed by atoms with Crippen LogP contribution in [0, 0.1) is 0 Å². The molecule has 2 aromatic rings. The minimum atomic E-state index is 0.392. The second kappa shape index (κ2) is 9.97. The third-order valence-electron chi connectivity index (χ3n) is 5.81. The van der Waals surface area contributed by atoms with Crippen molar-refractivity contribution in [3.05, 3.63) is 54.1 Å². The maximum absolute atomic E-state index is 6.02. The van der Waals surface area contributed by atoms with Crippen LogP contribution in [0.3, 0.4) is 0 Å². The molecule has 0 spiro atoms. The monoisotopic (exact) mass is 409 g/mol. The molecule has 2 aromatic carbocycles. The summed E-state index contributed by atoms with van der Waals surface area (Å²) in [5.41, 5.74) is 3.87. The summed E-state index contributed by atoms with van der Waals surface area (Å²) in [6, 6.07) is 16.9. The Balaban J connectivity index is 1.17. The van der Waals surface area contributed by atoms with E-state index in [0.717, 1.165) is 37.5 Å². The summed E-state index contributed by atoms with van der Waals surface area (Å²) in [4.78, 5) is 2.50. The average Bonchev–Trinajstić information content (AvgIpc) is 3.26. The lowest BCUT2D eigenvalue weighted by Crippen LogP contribution is -2.34. The van der Waals surface area contributed by atoms with Crippen molar-refractivity contribution in [2.75, 3.05) is 29.9 Å². The normalized spacial score (nSPS) is 16.3. The number of benzene rings is 2. The molecule has 0 unspecified atom stereocenters. The highest BCUT2D eigenvalue weighted by Gasteiger charge is 2.16. The Bertz CT molecular complexity index is 802. The van der Waals surface area contributed by atoms with E-state index in [4.69, 9.17) is 17.0 Å². The summed E-state index contributed by atoms with van der Waals surface area (Å²) in [6.07, 6.45) is 8.82. The zero-order chi connectivity index (χ0) is 19.9. The predicted octanol–water partition coefficient (Wildman–Crippen LogP) is 5.14. The Morgan fingerprint density at radius 2 is 1.83 bits per heavy atom. The second-order valence-corrected chi connectivity index (χ2v) is 8.41. The van der Waals surface area contributed by atoms with E-state index in [0.29, 0.717) is 11.2 Å². The van der Waals surface area contributed by atoms with Crippen molar-refractivity contribution in [3.63, 3.8) is 0 Å². The van der Waals surface area contributed by atoms with Gasteiger partial charge in [-0.3, -0.25) is 0 Å². The van der Waals surface area contributed by atoms with Crippen LogP contribution >= 0.6 is 12.2 Å². The minimum absolute atomic E-state index is 0.392. The van der Waals surface area contributed by atoms with E-state index < -0.39 is 0 Å². The number of hydrogen-bond donors (Lipinski definition) is 2. The SMILES string of the molecule is S=C(NCCCN1CCCc2ccccc21)Nc1ccc(OC2CCCC2)cc1. The van der Waals surface area contributed by atoms with Crippen LogP contribution in [0.15, 0.2) is 48.5 Å². The molecule has 1 aliphatic carbocycles. The van der Waals surface area contributed by atoms with E-state index >= 15 is 0 Å². The number of hydrogen-bond acceptors (Lipinski definition) is 3. The van der Waals surface area contributed by atoms with Gasteiger partial charge < -0.3 is 20.3 Å². The molecule has 29 heavy (non-hydrogen) atoms. The minimum Gasteiger partial charge on any atom is -0.490 e. The van der Waals surface area contributed by atoms with Crippen LogP contribution in [0.2, 0.25) is 0 Å². The summed E-state index contributed by atoms with van der Waals surface area (Å²) in [7, 11) is 0. The van der Waals surface area contributed by atoms with Crippen LogP contribution in [-0.2, 0) is 6.42 Å². The Morgan fingerprint density at radius 1 is 1.03 bits per heavy atom. The van der Waals surface area contributed by atoms with Crippen LogP contribution in [0.4, 0.5) is 11.4 Å². The van der Waals surface area contributed by atoms with Gasteiger partial charge in [-0.05, 0) is 93.1 Å². The number of fused-ring (bicyclic) bond motifs is 1. The van der Waals surface area contributed by atoms with Crippen molar-refractivity contribution < 1.29 is 4.74 Å². The van der Waals surface area contributed by atoms with Gasteiger partial charge in [0.05, 0.1) is 6.10 Å². The first kappa shape index (κ1) is 20.0. The van der Waals surface area contributed by atoms with E-state index in [1.54, 1.807) is 0 Å². The lowest BCUT2D eigenvalue weighted by molar-refractivity contribution is 0.210. The molecule has 1 fully saturated rings. The Morgan fingerprint density at radius 3 is 2.66 bits per heavy atom. The van der Waals surface area contributed by atoms with Gasteiger partial charge in [-0.2, -0.15) is 0 Å². The number of thiocarbonyl (C=S) groups is 1. The van der Waals surface area contributed by atoms with E-state index in [-0.39, 0.29) is 0 Å². The zero-order valence-electron chi connectivity index (χ0n) is 17.0. The maximum atomic E-state index is 6.02. The van der Waals surface area contributed by atoms with E-state index in [1.807, 2.05) is 24.3 Å². The number of para-hydroxylation sites is 1. The molecule has 4 nitrogen and oxygen atoms in total. The van der Waals surface area contributed by atoms with Crippen molar-refractivity contribution in [2.45, 2.75) is 51.0 Å². The fourth-order valence-corrected chi connectivity index (χ4v) is 4.53. The molecule has 1 saturated carbocycles. The van der Waals surface area contributed by atoms with Crippen LogP contribution in [0.1, 0.15) is 44.1 Å². The molecule has 5 heteroatoms. The highest BCUT2D eigenvalue weighted by molar-refractivity contribution is 7.80. The third-order valence-corrected chi connectivity index (χ3v) is 6.06. The van der Waals surface area contributed by atoms with Crippen molar-refractivity contribution in [2.24, 2.45) is 0 Å². The Kier molecular flexibility index (Phi) is 6.88. The number of nitrogens with zero attached hydrogens (tertiary/aromatic N) is 1. The summed E-state index contributed by atoms with van der Waals surface area (Å²) < 4.78 is 6.02. The molecule has 0 amide bonds. The van der Waals surface area contributed by atoms with Crippen LogP contribution in [0.25, 0.3) is 0 Å². The van der Waals surface area contributed by atoms with Crippen molar-refractivity contribution in [1.29, 1.82) is 0 Å². The number of ether oxygens (including phenoxy) is 1. The van der Waals surface area contributed by atoms with Crippen molar-refractivity contribution >= 4 is 28.7 Å². The molecule has 2 N–H and O–H groups in total. The van der Waals surface area contributed by atoms with E-state index in [9.17, 15) is 0 Å². The summed E-state index contributed by atoms with van der Waals surface area (Å²) >= 11 is 5.45. The topological polar surface area (TPSA) is 36.5 Å².